The van der Waals surface area contributed by atoms with E-state index >= 15 is 0 Å². The van der Waals surface area contributed by atoms with Crippen LogP contribution in [-0.4, -0.2) is 0 Å². The third kappa shape index (κ3) is 10.5. The Hall–Kier alpha value is -3.44. The van der Waals surface area contributed by atoms with E-state index in [1.54, 1.807) is 94.1 Å². The van der Waals surface area contributed by atoms with Crippen LogP contribution in [-0.2, 0) is 0 Å². The number of benzene rings is 8. The molecule has 0 aromatic heterocycles. The highest BCUT2D eigenvalue weighted by molar-refractivity contribution is 8.01. The quantitative estimate of drug-likeness (QED) is 0.146. The number of rotatable bonds is 0. The van der Waals surface area contributed by atoms with Crippen molar-refractivity contribution in [3.05, 3.63) is 194 Å². The molecule has 0 N–H and O–H groups in total. The van der Waals surface area contributed by atoms with Crippen LogP contribution >= 0.6 is 94.1 Å². The topological polar surface area (TPSA) is 0 Å². The molecule has 0 spiro atoms. The molecule has 22 aliphatic heterocycles. The molecule has 0 unspecified atom stereocenters. The Morgan fingerprint density at radius 3 is 0.214 bits per heavy atom. The van der Waals surface area contributed by atoms with Crippen molar-refractivity contribution < 1.29 is 0 Å². The Morgan fingerprint density at radius 2 is 0.161 bits per heavy atom. The van der Waals surface area contributed by atoms with Gasteiger partial charge in [0.05, 0.1) is 0 Å². The Bertz CT molecular complexity index is 1790. The molecule has 0 nitrogen and oxygen atoms in total. The van der Waals surface area contributed by atoms with Gasteiger partial charge in [-0.1, -0.05) is 94.1 Å². The van der Waals surface area contributed by atoms with Gasteiger partial charge in [0.25, 0.3) is 0 Å². The van der Waals surface area contributed by atoms with E-state index in [9.17, 15) is 0 Å². The maximum Gasteiger partial charge on any atom is 0.0123 e. The van der Waals surface area contributed by atoms with Gasteiger partial charge in [0.15, 0.2) is 0 Å². The molecule has 0 fully saturated rings. The average Bonchev–Trinajstić information content (AvgIpc) is 3.23. The van der Waals surface area contributed by atoms with Crippen LogP contribution in [0.15, 0.2) is 272 Å². The van der Waals surface area contributed by atoms with Crippen molar-refractivity contribution in [2.45, 2.75) is 78.3 Å². The summed E-state index contributed by atoms with van der Waals surface area (Å²) in [6.07, 6.45) is 0. The van der Waals surface area contributed by atoms with Crippen molar-refractivity contribution >= 4 is 94.1 Å². The molecule has 0 saturated carbocycles. The summed E-state index contributed by atoms with van der Waals surface area (Å²) in [4.78, 5) is 19.8. The molecule has 0 atom stereocenters. The summed E-state index contributed by atoms with van der Waals surface area (Å²) < 4.78 is 0. The Balaban J connectivity index is 0.912. The van der Waals surface area contributed by atoms with Gasteiger partial charge < -0.3 is 0 Å². The third-order valence-electron chi connectivity index (χ3n) is 8.48. The fraction of sp³-hybridized carbons (Fsp3) is 0. The van der Waals surface area contributed by atoms with Gasteiger partial charge in [-0.25, -0.2) is 0 Å². The highest BCUT2D eigenvalue weighted by atomic mass is 32.2. The second-order valence-electron chi connectivity index (χ2n) is 12.6. The zero-order valence-electron chi connectivity index (χ0n) is 29.7. The smallest absolute Gasteiger partial charge is 0.0123 e. The third-order valence-corrected chi connectivity index (χ3v) is 16.6. The van der Waals surface area contributed by atoms with Crippen molar-refractivity contribution in [3.8, 4) is 0 Å². The van der Waals surface area contributed by atoms with Crippen molar-refractivity contribution in [2.24, 2.45) is 0 Å². The molecule has 272 valence electrons. The van der Waals surface area contributed by atoms with E-state index in [0.717, 1.165) is 0 Å². The standard InChI is InChI=1S/C48H32S8/c1-2-34-4-3-33(1)49-35-5-7-37(8-6-35)51-39-13-15-41(16-14-39)53-43-21-23-45(24-22-43)55-47-29-31-48(32-30-47)56-46-27-25-44(26-28-46)54-42-19-17-40(18-20-42)52-38-11-9-36(50-34)10-12-38/h1-32H. The average molecular weight is 865 g/mol. The SMILES string of the molecule is c1cc2ccc1Sc1ccc(cc1)Sc1ccc(cc1)Sc1ccc(cc1)Sc1ccc(cc1)Sc1ccc(cc1)Sc1ccc(cc1)Sc1ccc(cc1)S2. The molecule has 0 aliphatic carbocycles. The fourth-order valence-corrected chi connectivity index (χ4v) is 12.2. The van der Waals surface area contributed by atoms with Crippen LogP contribution in [0.5, 0.6) is 0 Å². The lowest BCUT2D eigenvalue weighted by molar-refractivity contribution is 1.29. The molecule has 8 aromatic carbocycles. The summed E-state index contributed by atoms with van der Waals surface area (Å²) in [5.74, 6) is 0. The van der Waals surface area contributed by atoms with E-state index in [2.05, 4.69) is 194 Å². The van der Waals surface area contributed by atoms with Gasteiger partial charge in [0.1, 0.15) is 0 Å². The molecule has 16 bridgehead atoms. The minimum Gasteiger partial charge on any atom is -0.0901 e. The molecular weight excluding hydrogens is 833 g/mol. The van der Waals surface area contributed by atoms with Crippen LogP contribution in [0, 0.1) is 0 Å². The van der Waals surface area contributed by atoms with Gasteiger partial charge in [-0.2, -0.15) is 0 Å². The van der Waals surface area contributed by atoms with Crippen LogP contribution in [0.3, 0.4) is 0 Å². The van der Waals surface area contributed by atoms with E-state index in [1.807, 2.05) is 0 Å². The Labute approximate surface area is 363 Å². The molecule has 0 radical (unpaired) electrons. The molecule has 8 aromatic rings. The lowest BCUT2D eigenvalue weighted by Gasteiger charge is -2.08. The number of hydrogen-bond donors (Lipinski definition) is 0. The van der Waals surface area contributed by atoms with Gasteiger partial charge >= 0.3 is 0 Å². The maximum atomic E-state index is 2.22. The highest BCUT2D eigenvalue weighted by Crippen LogP contribution is 2.39. The summed E-state index contributed by atoms with van der Waals surface area (Å²) in [5, 5.41) is 0. The second kappa shape index (κ2) is 18.4. The van der Waals surface area contributed by atoms with Crippen LogP contribution in [0.25, 0.3) is 0 Å². The van der Waals surface area contributed by atoms with Crippen LogP contribution < -0.4 is 0 Å². The van der Waals surface area contributed by atoms with Crippen molar-refractivity contribution in [1.29, 1.82) is 0 Å². The summed E-state index contributed by atoms with van der Waals surface area (Å²) in [6.45, 7) is 0. The van der Waals surface area contributed by atoms with E-state index in [1.165, 1.54) is 78.3 Å². The van der Waals surface area contributed by atoms with E-state index in [-0.39, 0.29) is 0 Å². The number of hydrogen-bond acceptors (Lipinski definition) is 8. The van der Waals surface area contributed by atoms with E-state index in [4.69, 9.17) is 0 Å². The first kappa shape index (κ1) is 38.1. The normalized spacial score (nSPS) is 13.1. The summed E-state index contributed by atoms with van der Waals surface area (Å²) >= 11 is 14.4. The van der Waals surface area contributed by atoms with Crippen molar-refractivity contribution in [3.63, 3.8) is 0 Å². The van der Waals surface area contributed by atoms with Crippen LogP contribution in [0.4, 0.5) is 0 Å². The summed E-state index contributed by atoms with van der Waals surface area (Å²) in [6, 6.07) is 71.1. The molecule has 8 heteroatoms. The monoisotopic (exact) mass is 864 g/mol. The van der Waals surface area contributed by atoms with Gasteiger partial charge in [-0.05, 0) is 194 Å². The van der Waals surface area contributed by atoms with Gasteiger partial charge in [0, 0.05) is 78.3 Å². The zero-order valence-corrected chi connectivity index (χ0v) is 36.3. The van der Waals surface area contributed by atoms with Crippen LogP contribution in [0.2, 0.25) is 0 Å². The first-order valence-corrected chi connectivity index (χ1v) is 24.4. The maximum absolute atomic E-state index is 2.22. The molecule has 0 saturated heterocycles. The predicted octanol–water partition coefficient (Wildman–Crippen LogP) is 17.2. The lowest BCUT2D eigenvalue weighted by Crippen LogP contribution is -1.80. The first-order valence-electron chi connectivity index (χ1n) is 17.8. The molecule has 22 heterocycles. The molecule has 56 heavy (non-hydrogen) atoms. The van der Waals surface area contributed by atoms with Gasteiger partial charge in [-0.15, -0.1) is 0 Å². The van der Waals surface area contributed by atoms with Crippen molar-refractivity contribution in [2.75, 3.05) is 0 Å². The first-order chi connectivity index (χ1) is 27.6. The zero-order chi connectivity index (χ0) is 37.5. The van der Waals surface area contributed by atoms with Gasteiger partial charge in [0.2, 0.25) is 0 Å². The minimum absolute atomic E-state index is 1.24. The lowest BCUT2D eigenvalue weighted by atomic mass is 10.3. The Morgan fingerprint density at radius 1 is 0.107 bits per heavy atom. The molecule has 0 amide bonds. The summed E-state index contributed by atoms with van der Waals surface area (Å²) in [5.41, 5.74) is 0. The molecule has 22 aliphatic rings. The second-order valence-corrected chi connectivity index (χ2v) is 21.8. The molecular formula is C48H32S8. The van der Waals surface area contributed by atoms with E-state index in [0.29, 0.717) is 0 Å². The minimum atomic E-state index is 1.24. The van der Waals surface area contributed by atoms with E-state index < -0.39 is 0 Å². The molecule has 30 rings (SSSR count). The predicted molar refractivity (Wildman–Crippen MR) is 245 cm³/mol. The van der Waals surface area contributed by atoms with Crippen molar-refractivity contribution in [1.82, 2.24) is 0 Å². The van der Waals surface area contributed by atoms with Gasteiger partial charge in [-0.3, -0.25) is 0 Å². The largest absolute Gasteiger partial charge is 0.0901 e. The van der Waals surface area contributed by atoms with Crippen LogP contribution in [0.1, 0.15) is 0 Å². The fourth-order valence-electron chi connectivity index (χ4n) is 5.69. The highest BCUT2D eigenvalue weighted by Gasteiger charge is 2.07. The summed E-state index contributed by atoms with van der Waals surface area (Å²) in [7, 11) is 0. The Kier molecular flexibility index (Phi) is 12.5.